The van der Waals surface area contributed by atoms with Gasteiger partial charge < -0.3 is 0 Å². The summed E-state index contributed by atoms with van der Waals surface area (Å²) >= 11 is 18.6. The van der Waals surface area contributed by atoms with Gasteiger partial charge in [0.25, 0.3) is 5.82 Å². The van der Waals surface area contributed by atoms with Gasteiger partial charge in [0.05, 0.1) is 16.1 Å². The molecule has 6 heteroatoms. The highest BCUT2D eigenvalue weighted by Gasteiger charge is 2.32. The second-order valence-corrected chi connectivity index (χ2v) is 7.23. The van der Waals surface area contributed by atoms with Crippen LogP contribution in [0.25, 0.3) is 5.69 Å². The van der Waals surface area contributed by atoms with Crippen molar-refractivity contribution in [2.24, 2.45) is 0 Å². The van der Waals surface area contributed by atoms with Crippen molar-refractivity contribution in [3.05, 3.63) is 75.2 Å². The molecule has 24 heavy (non-hydrogen) atoms. The van der Waals surface area contributed by atoms with E-state index in [4.69, 9.17) is 34.8 Å². The van der Waals surface area contributed by atoms with Gasteiger partial charge >= 0.3 is 0 Å². The van der Waals surface area contributed by atoms with Crippen LogP contribution in [0.15, 0.2) is 48.8 Å². The fraction of sp³-hybridized carbons (Fsp3) is 0.222. The first-order valence-corrected chi connectivity index (χ1v) is 8.94. The maximum Gasteiger partial charge on any atom is 0.278 e. The molecule has 0 radical (unpaired) electrons. The molecule has 122 valence electrons. The van der Waals surface area contributed by atoms with Crippen LogP contribution < -0.4 is 4.57 Å². The Morgan fingerprint density at radius 3 is 2.50 bits per heavy atom. The molecule has 0 N–H and O–H groups in total. The quantitative estimate of drug-likeness (QED) is 0.596. The summed E-state index contributed by atoms with van der Waals surface area (Å²) in [5.41, 5.74) is 2.00. The van der Waals surface area contributed by atoms with Crippen LogP contribution in [0, 0.1) is 0 Å². The summed E-state index contributed by atoms with van der Waals surface area (Å²) < 4.78 is 3.99. The first-order chi connectivity index (χ1) is 11.6. The van der Waals surface area contributed by atoms with Crippen LogP contribution in [0.3, 0.4) is 0 Å². The molecule has 0 spiro atoms. The van der Waals surface area contributed by atoms with Crippen LogP contribution in [0.2, 0.25) is 15.1 Å². The second kappa shape index (κ2) is 6.40. The molecule has 1 aliphatic rings. The number of aromatic nitrogens is 3. The molecule has 1 atom stereocenters. The van der Waals surface area contributed by atoms with Gasteiger partial charge in [-0.05, 0) is 24.1 Å². The average molecular weight is 380 g/mol. The van der Waals surface area contributed by atoms with Crippen molar-refractivity contribution in [2.45, 2.75) is 25.3 Å². The molecule has 3 aromatic rings. The van der Waals surface area contributed by atoms with E-state index < -0.39 is 0 Å². The Balaban J connectivity index is 1.68. The van der Waals surface area contributed by atoms with E-state index in [1.54, 1.807) is 16.8 Å². The van der Waals surface area contributed by atoms with Gasteiger partial charge in [0.15, 0.2) is 5.69 Å². The number of benzene rings is 2. The summed E-state index contributed by atoms with van der Waals surface area (Å²) in [7, 11) is 0. The lowest BCUT2D eigenvalue weighted by Crippen LogP contribution is -2.37. The van der Waals surface area contributed by atoms with Crippen LogP contribution in [0.5, 0.6) is 0 Å². The van der Waals surface area contributed by atoms with Crippen LogP contribution in [-0.2, 0) is 12.8 Å². The Hall–Kier alpha value is -1.55. The maximum atomic E-state index is 6.32. The summed E-state index contributed by atoms with van der Waals surface area (Å²) in [6.45, 7) is 0. The van der Waals surface area contributed by atoms with Crippen molar-refractivity contribution in [1.29, 1.82) is 0 Å². The Labute approximate surface area is 155 Å². The van der Waals surface area contributed by atoms with Gasteiger partial charge in [0.1, 0.15) is 0 Å². The fourth-order valence-corrected chi connectivity index (χ4v) is 4.24. The lowest BCUT2D eigenvalue weighted by Gasteiger charge is -2.08. The van der Waals surface area contributed by atoms with Crippen molar-refractivity contribution < 1.29 is 4.57 Å². The molecule has 1 aromatic heterocycles. The van der Waals surface area contributed by atoms with Crippen LogP contribution in [-0.4, -0.2) is 9.78 Å². The molecule has 2 heterocycles. The van der Waals surface area contributed by atoms with Gasteiger partial charge in [0, 0.05) is 23.0 Å². The number of aryl methyl sites for hydroxylation is 1. The predicted molar refractivity (Wildman–Crippen MR) is 96.3 cm³/mol. The molecule has 0 amide bonds. The van der Waals surface area contributed by atoms with Crippen LogP contribution >= 0.6 is 34.8 Å². The maximum absolute atomic E-state index is 6.32. The van der Waals surface area contributed by atoms with E-state index in [0.29, 0.717) is 26.8 Å². The lowest BCUT2D eigenvalue weighted by molar-refractivity contribution is -0.716. The molecular formula is C18H15Cl3N3+. The van der Waals surface area contributed by atoms with Gasteiger partial charge in [-0.2, -0.15) is 0 Å². The van der Waals surface area contributed by atoms with Gasteiger partial charge in [-0.1, -0.05) is 69.8 Å². The second-order valence-electron chi connectivity index (χ2n) is 5.98. The fourth-order valence-electron chi connectivity index (χ4n) is 3.25. The molecule has 4 rings (SSSR count). The van der Waals surface area contributed by atoms with Crippen molar-refractivity contribution >= 4 is 34.8 Å². The molecule has 0 aliphatic carbocycles. The highest BCUT2D eigenvalue weighted by molar-refractivity contribution is 6.40. The summed E-state index contributed by atoms with van der Waals surface area (Å²) in [5, 5.41) is 6.18. The summed E-state index contributed by atoms with van der Waals surface area (Å²) in [6.07, 6.45) is 5.02. The molecular weight excluding hydrogens is 365 g/mol. The third-order valence-electron chi connectivity index (χ3n) is 4.37. The monoisotopic (exact) mass is 378 g/mol. The number of nitrogens with zero attached hydrogens (tertiary/aromatic N) is 3. The number of hydrogen-bond acceptors (Lipinski definition) is 1. The molecule has 0 saturated heterocycles. The summed E-state index contributed by atoms with van der Waals surface area (Å²) in [4.78, 5) is 0. The highest BCUT2D eigenvalue weighted by Crippen LogP contribution is 2.32. The standard InChI is InChI=1S/C18H15Cl3N3/c19-13-9-15(20)18(16(21)10-13)24-11-23-14(6-7-17(23)22-24)8-12-4-2-1-3-5-12/h1-5,9-11,14H,6-8H2/q+1. The zero-order valence-corrected chi connectivity index (χ0v) is 15.1. The Kier molecular flexibility index (Phi) is 4.25. The zero-order chi connectivity index (χ0) is 16.7. The normalized spacial score (nSPS) is 16.4. The van der Waals surface area contributed by atoms with Crippen molar-refractivity contribution in [2.75, 3.05) is 0 Å². The van der Waals surface area contributed by atoms with E-state index >= 15 is 0 Å². The van der Waals surface area contributed by atoms with Crippen molar-refractivity contribution in [1.82, 2.24) is 9.78 Å². The lowest BCUT2D eigenvalue weighted by atomic mass is 10.0. The smallest absolute Gasteiger partial charge is 0.231 e. The predicted octanol–water partition coefficient (Wildman–Crippen LogP) is 4.85. The van der Waals surface area contributed by atoms with Gasteiger partial charge in [-0.25, -0.2) is 4.57 Å². The van der Waals surface area contributed by atoms with Crippen molar-refractivity contribution in [3.8, 4) is 5.69 Å². The molecule has 0 fully saturated rings. The minimum atomic E-state index is 0.404. The Morgan fingerprint density at radius 2 is 1.79 bits per heavy atom. The van der Waals surface area contributed by atoms with Gasteiger partial charge in [-0.3, -0.25) is 0 Å². The first-order valence-electron chi connectivity index (χ1n) is 7.80. The van der Waals surface area contributed by atoms with Crippen LogP contribution in [0.4, 0.5) is 0 Å². The summed E-state index contributed by atoms with van der Waals surface area (Å²) in [5.74, 6) is 1.05. The van der Waals surface area contributed by atoms with E-state index in [2.05, 4.69) is 33.9 Å². The topological polar surface area (TPSA) is 21.7 Å². The third kappa shape index (κ3) is 2.92. The van der Waals surface area contributed by atoms with E-state index in [1.165, 1.54) is 5.56 Å². The number of fused-ring (bicyclic) bond motifs is 1. The molecule has 0 bridgehead atoms. The average Bonchev–Trinajstić information content (AvgIpc) is 3.09. The molecule has 1 aliphatic heterocycles. The van der Waals surface area contributed by atoms with Crippen LogP contribution in [0.1, 0.15) is 23.9 Å². The summed E-state index contributed by atoms with van der Waals surface area (Å²) in [6, 6.07) is 14.3. The van der Waals surface area contributed by atoms with E-state index in [0.717, 1.165) is 25.1 Å². The Bertz CT molecular complexity index is 867. The third-order valence-corrected chi connectivity index (χ3v) is 5.17. The Morgan fingerprint density at radius 1 is 1.08 bits per heavy atom. The number of hydrogen-bond donors (Lipinski definition) is 0. The SMILES string of the molecule is Clc1cc(Cl)c(-n2c[n+]3c(n2)CCC3Cc2ccccc2)c(Cl)c1. The van der Waals surface area contributed by atoms with E-state index in [1.807, 2.05) is 12.4 Å². The largest absolute Gasteiger partial charge is 0.278 e. The minimum absolute atomic E-state index is 0.404. The number of rotatable bonds is 3. The van der Waals surface area contributed by atoms with Gasteiger partial charge in [-0.15, -0.1) is 0 Å². The molecule has 2 aromatic carbocycles. The van der Waals surface area contributed by atoms with E-state index in [-0.39, 0.29) is 0 Å². The highest BCUT2D eigenvalue weighted by atomic mass is 35.5. The molecule has 3 nitrogen and oxygen atoms in total. The minimum Gasteiger partial charge on any atom is -0.231 e. The van der Waals surface area contributed by atoms with Crippen molar-refractivity contribution in [3.63, 3.8) is 0 Å². The molecule has 0 saturated carbocycles. The first kappa shape index (κ1) is 15.9. The van der Waals surface area contributed by atoms with Gasteiger partial charge in [0.2, 0.25) is 6.33 Å². The molecule has 1 unspecified atom stereocenters. The number of halogens is 3. The van der Waals surface area contributed by atoms with E-state index in [9.17, 15) is 0 Å². The zero-order valence-electron chi connectivity index (χ0n) is 12.8.